The Morgan fingerprint density at radius 2 is 2.00 bits per heavy atom. The maximum Gasteiger partial charge on any atom is 0.277 e. The van der Waals surface area contributed by atoms with Crippen molar-refractivity contribution >= 4 is 34.5 Å². The number of benzene rings is 1. The standard InChI is InChI=1S/C24H20FN11O/c1-24(2)15-17(21(37)33-23-28-11-29-34-23)30-19(31-18(15)32-22(24)26)16-13-7-5-9-27-20(13)36(35-16)10-12-6-3-4-8-14(12)25/h3-9,11H,10H2,1-2H3,(H2,26,30,31,32)(H2,28,29,33,34,37). The van der Waals surface area contributed by atoms with Crippen molar-refractivity contribution in [3.63, 3.8) is 0 Å². The number of aromatic amines is 1. The van der Waals surface area contributed by atoms with Crippen molar-refractivity contribution in [1.82, 2.24) is 39.9 Å². The number of amides is 1. The molecule has 184 valence electrons. The number of amidine groups is 1. The number of nitrogens with one attached hydrogen (secondary N) is 2. The minimum absolute atomic E-state index is 0.0753. The number of pyridine rings is 1. The van der Waals surface area contributed by atoms with Crippen LogP contribution in [0.3, 0.4) is 0 Å². The van der Waals surface area contributed by atoms with Crippen molar-refractivity contribution in [1.29, 1.82) is 0 Å². The van der Waals surface area contributed by atoms with Crippen LogP contribution in [0.2, 0.25) is 0 Å². The highest BCUT2D eigenvalue weighted by molar-refractivity contribution is 6.08. The van der Waals surface area contributed by atoms with Gasteiger partial charge in [-0.15, -0.1) is 0 Å². The number of carbonyl (C=O) groups excluding carboxylic acids is 1. The Bertz CT molecular complexity index is 1710. The zero-order valence-electron chi connectivity index (χ0n) is 19.8. The molecule has 0 fully saturated rings. The van der Waals surface area contributed by atoms with Crippen LogP contribution in [0.5, 0.6) is 0 Å². The number of aliphatic imine (C=N–C) groups is 1. The molecule has 0 atom stereocenters. The van der Waals surface area contributed by atoms with Crippen LogP contribution in [0.4, 0.5) is 16.2 Å². The summed E-state index contributed by atoms with van der Waals surface area (Å²) in [7, 11) is 0. The van der Waals surface area contributed by atoms with E-state index in [0.717, 1.165) is 0 Å². The number of nitrogens with zero attached hydrogens (tertiary/aromatic N) is 8. The van der Waals surface area contributed by atoms with Crippen LogP contribution < -0.4 is 11.1 Å². The summed E-state index contributed by atoms with van der Waals surface area (Å²) in [5.74, 6) is 0.00212. The maximum absolute atomic E-state index is 14.4. The lowest BCUT2D eigenvalue weighted by Crippen LogP contribution is -2.34. The van der Waals surface area contributed by atoms with Crippen molar-refractivity contribution in [3.8, 4) is 11.5 Å². The molecule has 0 saturated heterocycles. The van der Waals surface area contributed by atoms with E-state index in [2.05, 4.69) is 45.5 Å². The van der Waals surface area contributed by atoms with E-state index >= 15 is 0 Å². The van der Waals surface area contributed by atoms with Gasteiger partial charge in [-0.05, 0) is 32.0 Å². The molecule has 0 radical (unpaired) electrons. The number of hydrogen-bond acceptors (Lipinski definition) is 9. The van der Waals surface area contributed by atoms with Crippen molar-refractivity contribution in [2.45, 2.75) is 25.8 Å². The first-order valence-electron chi connectivity index (χ1n) is 11.3. The molecule has 4 N–H and O–H groups in total. The molecule has 37 heavy (non-hydrogen) atoms. The number of hydrogen-bond donors (Lipinski definition) is 3. The van der Waals surface area contributed by atoms with Gasteiger partial charge in [0.15, 0.2) is 17.3 Å². The molecular weight excluding hydrogens is 477 g/mol. The van der Waals surface area contributed by atoms with Gasteiger partial charge in [-0.3, -0.25) is 10.1 Å². The maximum atomic E-state index is 14.4. The van der Waals surface area contributed by atoms with Gasteiger partial charge >= 0.3 is 0 Å². The molecule has 5 aromatic rings. The predicted octanol–water partition coefficient (Wildman–Crippen LogP) is 2.73. The van der Waals surface area contributed by atoms with Crippen LogP contribution in [0.25, 0.3) is 22.6 Å². The van der Waals surface area contributed by atoms with E-state index in [1.807, 2.05) is 19.9 Å². The fraction of sp³-hybridized carbons (Fsp3) is 0.167. The van der Waals surface area contributed by atoms with Gasteiger partial charge in [0.1, 0.15) is 29.4 Å². The van der Waals surface area contributed by atoms with E-state index in [0.29, 0.717) is 33.7 Å². The highest BCUT2D eigenvalue weighted by atomic mass is 19.1. The van der Waals surface area contributed by atoms with E-state index in [-0.39, 0.29) is 35.6 Å². The van der Waals surface area contributed by atoms with Gasteiger partial charge in [0.2, 0.25) is 5.95 Å². The van der Waals surface area contributed by atoms with Gasteiger partial charge in [0.25, 0.3) is 5.91 Å². The Morgan fingerprint density at radius 1 is 1.16 bits per heavy atom. The molecule has 1 aliphatic heterocycles. The van der Waals surface area contributed by atoms with Crippen molar-refractivity contribution in [3.05, 3.63) is 71.6 Å². The van der Waals surface area contributed by atoms with Crippen LogP contribution in [0.1, 0.15) is 35.5 Å². The predicted molar refractivity (Wildman–Crippen MR) is 133 cm³/mol. The second-order valence-corrected chi connectivity index (χ2v) is 8.98. The van der Waals surface area contributed by atoms with Crippen LogP contribution >= 0.6 is 0 Å². The summed E-state index contributed by atoms with van der Waals surface area (Å²) in [5, 5.41) is 14.3. The van der Waals surface area contributed by atoms with E-state index in [1.165, 1.54) is 12.4 Å². The average molecular weight is 497 g/mol. The molecule has 1 amide bonds. The summed E-state index contributed by atoms with van der Waals surface area (Å²) in [6.07, 6.45) is 2.90. The number of aromatic nitrogens is 8. The minimum atomic E-state index is -0.782. The van der Waals surface area contributed by atoms with Gasteiger partial charge in [0.05, 0.1) is 17.3 Å². The zero-order chi connectivity index (χ0) is 25.7. The van der Waals surface area contributed by atoms with E-state index in [9.17, 15) is 9.18 Å². The normalized spacial score (nSPS) is 14.0. The Labute approximate surface area is 208 Å². The summed E-state index contributed by atoms with van der Waals surface area (Å²) >= 11 is 0. The fourth-order valence-corrected chi connectivity index (χ4v) is 4.26. The second-order valence-electron chi connectivity index (χ2n) is 8.98. The van der Waals surface area contributed by atoms with Crippen LogP contribution in [-0.2, 0) is 12.0 Å². The van der Waals surface area contributed by atoms with Gasteiger partial charge in [-0.2, -0.15) is 15.2 Å². The highest BCUT2D eigenvalue weighted by Gasteiger charge is 2.40. The molecule has 0 spiro atoms. The largest absolute Gasteiger partial charge is 0.386 e. The third-order valence-corrected chi connectivity index (χ3v) is 6.24. The Hall–Kier alpha value is -5.07. The quantitative estimate of drug-likeness (QED) is 0.333. The third kappa shape index (κ3) is 3.67. The van der Waals surface area contributed by atoms with Crippen molar-refractivity contribution in [2.24, 2.45) is 10.7 Å². The SMILES string of the molecule is CC1(C)C(N)=Nc2nc(-c3nn(Cc4ccccc4F)c4ncccc34)nc(C(=O)Nc3ncn[nH]3)c21. The molecule has 1 aliphatic rings. The number of carbonyl (C=O) groups is 1. The Morgan fingerprint density at radius 3 is 2.78 bits per heavy atom. The number of fused-ring (bicyclic) bond motifs is 2. The summed E-state index contributed by atoms with van der Waals surface area (Å²) < 4.78 is 16.0. The van der Waals surface area contributed by atoms with Crippen molar-refractivity contribution in [2.75, 3.05) is 5.32 Å². The number of halogens is 1. The molecule has 0 bridgehead atoms. The molecule has 5 heterocycles. The van der Waals surface area contributed by atoms with E-state index in [1.54, 1.807) is 35.1 Å². The smallest absolute Gasteiger partial charge is 0.277 e. The molecule has 4 aromatic heterocycles. The minimum Gasteiger partial charge on any atom is -0.386 e. The monoisotopic (exact) mass is 497 g/mol. The summed E-state index contributed by atoms with van der Waals surface area (Å²) in [6.45, 7) is 3.82. The van der Waals surface area contributed by atoms with Crippen LogP contribution in [-0.4, -0.2) is 51.7 Å². The van der Waals surface area contributed by atoms with E-state index < -0.39 is 11.3 Å². The summed E-state index contributed by atoms with van der Waals surface area (Å²) in [4.78, 5) is 35.4. The number of anilines is 1. The molecule has 12 nitrogen and oxygen atoms in total. The molecule has 6 rings (SSSR count). The van der Waals surface area contributed by atoms with Crippen LogP contribution in [0, 0.1) is 5.82 Å². The number of rotatable bonds is 5. The number of H-pyrrole nitrogens is 1. The lowest BCUT2D eigenvalue weighted by molar-refractivity contribution is 0.101. The Kier molecular flexibility index (Phi) is 5.00. The molecule has 1 aromatic carbocycles. The summed E-state index contributed by atoms with van der Waals surface area (Å²) in [5.41, 5.74) is 7.32. The van der Waals surface area contributed by atoms with Crippen LogP contribution in [0.15, 0.2) is 53.9 Å². The van der Waals surface area contributed by atoms with Gasteiger partial charge in [-0.25, -0.2) is 34.1 Å². The first kappa shape index (κ1) is 22.4. The molecule has 13 heteroatoms. The third-order valence-electron chi connectivity index (χ3n) is 6.24. The first-order chi connectivity index (χ1) is 17.8. The molecule has 0 unspecified atom stereocenters. The highest BCUT2D eigenvalue weighted by Crippen LogP contribution is 2.40. The van der Waals surface area contributed by atoms with Gasteiger partial charge in [0, 0.05) is 17.3 Å². The Balaban J connectivity index is 1.52. The fourth-order valence-electron chi connectivity index (χ4n) is 4.26. The van der Waals surface area contributed by atoms with Crippen molar-refractivity contribution < 1.29 is 9.18 Å². The molecule has 0 aliphatic carbocycles. The topological polar surface area (TPSA) is 166 Å². The zero-order valence-corrected chi connectivity index (χ0v) is 19.8. The van der Waals surface area contributed by atoms with Gasteiger partial charge in [-0.1, -0.05) is 18.2 Å². The molecular formula is C24H20FN11O. The second kappa shape index (κ2) is 8.26. The lowest BCUT2D eigenvalue weighted by atomic mass is 9.84. The van der Waals surface area contributed by atoms with E-state index in [4.69, 9.17) is 5.73 Å². The summed E-state index contributed by atoms with van der Waals surface area (Å²) in [6, 6.07) is 10.0. The lowest BCUT2D eigenvalue weighted by Gasteiger charge is -2.21. The first-order valence-corrected chi connectivity index (χ1v) is 11.3. The molecule has 0 saturated carbocycles. The van der Waals surface area contributed by atoms with Gasteiger partial charge < -0.3 is 5.73 Å². The average Bonchev–Trinajstić information content (AvgIpc) is 3.58. The number of nitrogens with two attached hydrogens (primary N) is 1.